The molecule has 8 aromatic carbocycles. The van der Waals surface area contributed by atoms with E-state index in [4.69, 9.17) is 4.74 Å². The van der Waals surface area contributed by atoms with Crippen LogP contribution in [0.15, 0.2) is 158 Å². The first kappa shape index (κ1) is 30.3. The summed E-state index contributed by atoms with van der Waals surface area (Å²) in [6.45, 7) is 9.53. The first-order chi connectivity index (χ1) is 25.8. The first-order valence-corrected chi connectivity index (χ1v) is 18.6. The quantitative estimate of drug-likeness (QED) is 0.169. The standard InChI is InChI=1S/C50H38N2O/c1-49(2)39-14-6-5-13-37(39)38-29-46-42(30-41(38)49)50(3,4)40-15-7-8-16-43(40)51(46)35-23-21-31-26-34-28-36(24-22-32(34)25-33(31)27-35)52-44-17-9-11-19-47(44)53-48-20-12-10-18-45(48)52/h5-30H,1-4H3. The van der Waals surface area contributed by atoms with Crippen LogP contribution >= 0.6 is 0 Å². The van der Waals surface area contributed by atoms with Crippen molar-refractivity contribution in [2.45, 2.75) is 38.5 Å². The van der Waals surface area contributed by atoms with Crippen molar-refractivity contribution in [1.29, 1.82) is 0 Å². The third-order valence-electron chi connectivity index (χ3n) is 12.1. The highest BCUT2D eigenvalue weighted by atomic mass is 16.5. The highest BCUT2D eigenvalue weighted by Crippen LogP contribution is 2.58. The van der Waals surface area contributed by atoms with Crippen LogP contribution in [0.3, 0.4) is 0 Å². The third kappa shape index (κ3) is 4.22. The minimum atomic E-state index is -0.158. The molecule has 0 saturated carbocycles. The maximum Gasteiger partial charge on any atom is 0.151 e. The predicted octanol–water partition coefficient (Wildman–Crippen LogP) is 14.0. The van der Waals surface area contributed by atoms with Gasteiger partial charge in [-0.1, -0.05) is 113 Å². The topological polar surface area (TPSA) is 15.7 Å². The van der Waals surface area contributed by atoms with Crippen molar-refractivity contribution in [3.05, 3.63) is 180 Å². The summed E-state index contributed by atoms with van der Waals surface area (Å²) in [5.74, 6) is 1.72. The molecule has 254 valence electrons. The Bertz CT molecular complexity index is 2800. The largest absolute Gasteiger partial charge is 0.453 e. The van der Waals surface area contributed by atoms with E-state index in [1.54, 1.807) is 0 Å². The van der Waals surface area contributed by atoms with Gasteiger partial charge in [0.25, 0.3) is 0 Å². The number of hydrogen-bond acceptors (Lipinski definition) is 3. The predicted molar refractivity (Wildman–Crippen MR) is 221 cm³/mol. The summed E-state index contributed by atoms with van der Waals surface area (Å²) in [5, 5.41) is 4.86. The Labute approximate surface area is 310 Å². The number of fused-ring (bicyclic) bond motifs is 9. The summed E-state index contributed by atoms with van der Waals surface area (Å²) in [6, 6.07) is 57.9. The molecule has 8 aromatic rings. The second-order valence-electron chi connectivity index (χ2n) is 15.9. The number of anilines is 6. The zero-order valence-corrected chi connectivity index (χ0v) is 30.3. The van der Waals surface area contributed by atoms with E-state index in [9.17, 15) is 0 Å². The molecule has 1 aliphatic carbocycles. The van der Waals surface area contributed by atoms with Crippen molar-refractivity contribution >= 4 is 55.7 Å². The highest BCUT2D eigenvalue weighted by Gasteiger charge is 2.42. The van der Waals surface area contributed by atoms with Gasteiger partial charge in [-0.15, -0.1) is 0 Å². The van der Waals surface area contributed by atoms with Crippen molar-refractivity contribution in [2.75, 3.05) is 9.80 Å². The van der Waals surface area contributed by atoms with Gasteiger partial charge in [-0.3, -0.25) is 0 Å². The van der Waals surface area contributed by atoms with Crippen molar-refractivity contribution in [3.63, 3.8) is 0 Å². The molecule has 0 radical (unpaired) electrons. The summed E-state index contributed by atoms with van der Waals surface area (Å²) >= 11 is 0. The number of rotatable bonds is 2. The molecule has 0 unspecified atom stereocenters. The van der Waals surface area contributed by atoms with Gasteiger partial charge in [0.1, 0.15) is 0 Å². The zero-order chi connectivity index (χ0) is 35.6. The molecule has 0 saturated heterocycles. The summed E-state index contributed by atoms with van der Waals surface area (Å²) in [4.78, 5) is 4.81. The van der Waals surface area contributed by atoms with Crippen LogP contribution in [0.1, 0.15) is 49.9 Å². The lowest BCUT2D eigenvalue weighted by Gasteiger charge is -2.43. The van der Waals surface area contributed by atoms with Crippen LogP contribution in [0.25, 0.3) is 32.7 Å². The van der Waals surface area contributed by atoms with Gasteiger partial charge >= 0.3 is 0 Å². The molecule has 0 spiro atoms. The van der Waals surface area contributed by atoms with E-state index in [-0.39, 0.29) is 10.8 Å². The summed E-state index contributed by atoms with van der Waals surface area (Å²) < 4.78 is 6.29. The molecule has 2 aliphatic heterocycles. The van der Waals surface area contributed by atoms with Gasteiger partial charge in [0, 0.05) is 22.2 Å². The van der Waals surface area contributed by atoms with Gasteiger partial charge in [0.2, 0.25) is 0 Å². The van der Waals surface area contributed by atoms with Crippen LogP contribution in [-0.4, -0.2) is 0 Å². The van der Waals surface area contributed by atoms with E-state index >= 15 is 0 Å². The molecular formula is C50H38N2O. The fourth-order valence-electron chi connectivity index (χ4n) is 9.41. The molecular weight excluding hydrogens is 645 g/mol. The average Bonchev–Trinajstić information content (AvgIpc) is 3.40. The van der Waals surface area contributed by atoms with Crippen LogP contribution in [-0.2, 0) is 10.8 Å². The molecule has 0 aromatic heterocycles. The van der Waals surface area contributed by atoms with Crippen LogP contribution in [0, 0.1) is 0 Å². The van der Waals surface area contributed by atoms with E-state index in [0.717, 1.165) is 28.6 Å². The Morgan fingerprint density at radius 1 is 0.358 bits per heavy atom. The molecule has 0 atom stereocenters. The molecule has 11 rings (SSSR count). The summed E-state index contributed by atoms with van der Waals surface area (Å²) in [6.07, 6.45) is 0. The van der Waals surface area contributed by atoms with Crippen LogP contribution in [0.2, 0.25) is 0 Å². The molecule has 3 nitrogen and oxygen atoms in total. The minimum absolute atomic E-state index is 0.0583. The SMILES string of the molecule is CC1(C)c2ccccc2-c2cc3c(cc21)C(C)(C)c1ccccc1N3c1ccc2cc3cc(N4c5ccccc5Oc5ccccc54)ccc3cc2c1. The minimum Gasteiger partial charge on any atom is -0.453 e. The Balaban J connectivity index is 1.06. The van der Waals surface area contributed by atoms with Gasteiger partial charge < -0.3 is 14.5 Å². The Hall–Kier alpha value is -6.32. The van der Waals surface area contributed by atoms with Crippen molar-refractivity contribution in [3.8, 4) is 22.6 Å². The fourth-order valence-corrected chi connectivity index (χ4v) is 9.41. The van der Waals surface area contributed by atoms with Crippen molar-refractivity contribution in [2.24, 2.45) is 0 Å². The highest BCUT2D eigenvalue weighted by molar-refractivity contribution is 6.03. The number of nitrogens with zero attached hydrogens (tertiary/aromatic N) is 2. The number of hydrogen-bond donors (Lipinski definition) is 0. The summed E-state index contributed by atoms with van der Waals surface area (Å²) in [5.41, 5.74) is 14.9. The van der Waals surface area contributed by atoms with Gasteiger partial charge in [-0.05, 0) is 128 Å². The molecule has 0 bridgehead atoms. The third-order valence-corrected chi connectivity index (χ3v) is 12.1. The molecule has 2 heterocycles. The Morgan fingerprint density at radius 2 is 0.868 bits per heavy atom. The Morgan fingerprint density at radius 3 is 1.51 bits per heavy atom. The molecule has 0 amide bonds. The Kier molecular flexibility index (Phi) is 6.07. The van der Waals surface area contributed by atoms with Crippen molar-refractivity contribution < 1.29 is 4.74 Å². The molecule has 53 heavy (non-hydrogen) atoms. The maximum absolute atomic E-state index is 6.29. The second-order valence-corrected chi connectivity index (χ2v) is 15.9. The van der Waals surface area contributed by atoms with E-state index in [1.807, 2.05) is 24.3 Å². The lowest BCUT2D eigenvalue weighted by atomic mass is 9.71. The number of ether oxygens (including phenoxy) is 1. The average molecular weight is 683 g/mol. The van der Waals surface area contributed by atoms with Crippen LogP contribution in [0.4, 0.5) is 34.1 Å². The molecule has 0 N–H and O–H groups in total. The van der Waals surface area contributed by atoms with Gasteiger partial charge in [0.05, 0.1) is 22.7 Å². The van der Waals surface area contributed by atoms with E-state index in [2.05, 4.69) is 171 Å². The molecule has 0 fully saturated rings. The maximum atomic E-state index is 6.29. The lowest BCUT2D eigenvalue weighted by molar-refractivity contribution is 0.477. The van der Waals surface area contributed by atoms with E-state index in [1.165, 1.54) is 72.0 Å². The molecule has 3 heteroatoms. The normalized spacial score (nSPS) is 15.5. The fraction of sp³-hybridized carbons (Fsp3) is 0.120. The first-order valence-electron chi connectivity index (χ1n) is 18.6. The van der Waals surface area contributed by atoms with E-state index < -0.39 is 0 Å². The van der Waals surface area contributed by atoms with Crippen LogP contribution in [0.5, 0.6) is 11.5 Å². The van der Waals surface area contributed by atoms with Crippen LogP contribution < -0.4 is 14.5 Å². The lowest BCUT2D eigenvalue weighted by Crippen LogP contribution is -2.31. The number of para-hydroxylation sites is 5. The van der Waals surface area contributed by atoms with Gasteiger partial charge in [-0.2, -0.15) is 0 Å². The van der Waals surface area contributed by atoms with Gasteiger partial charge in [0.15, 0.2) is 11.5 Å². The van der Waals surface area contributed by atoms with E-state index in [0.29, 0.717) is 0 Å². The zero-order valence-electron chi connectivity index (χ0n) is 30.3. The monoisotopic (exact) mass is 682 g/mol. The smallest absolute Gasteiger partial charge is 0.151 e. The van der Waals surface area contributed by atoms with Gasteiger partial charge in [-0.25, -0.2) is 0 Å². The molecule has 3 aliphatic rings. The number of benzene rings is 8. The van der Waals surface area contributed by atoms with Crippen molar-refractivity contribution in [1.82, 2.24) is 0 Å². The summed E-state index contributed by atoms with van der Waals surface area (Å²) in [7, 11) is 0. The second kappa shape index (κ2) is 10.6.